The summed E-state index contributed by atoms with van der Waals surface area (Å²) in [5, 5.41) is 0. The molecule has 0 spiro atoms. The van der Waals surface area contributed by atoms with E-state index in [1.165, 1.54) is 0 Å². The van der Waals surface area contributed by atoms with Gasteiger partial charge in [0.1, 0.15) is 0 Å². The smallest absolute Gasteiger partial charge is 0.425 e. The van der Waals surface area contributed by atoms with Crippen LogP contribution in [0.25, 0.3) is 0 Å². The van der Waals surface area contributed by atoms with E-state index in [2.05, 4.69) is 4.74 Å². The Morgan fingerprint density at radius 3 is 1.74 bits per heavy atom. The lowest BCUT2D eigenvalue weighted by molar-refractivity contribution is -0.225. The Morgan fingerprint density at radius 2 is 1.47 bits per heavy atom. The first-order valence-electron chi connectivity index (χ1n) is 6.49. The Bertz CT molecular complexity index is 316. The quantitative estimate of drug-likeness (QED) is 0.705. The SMILES string of the molecule is CC(C)CC(C)(C(=O)OC(C)C(F)(F)F)C(C)(C)C. The van der Waals surface area contributed by atoms with Gasteiger partial charge in [0.15, 0.2) is 6.10 Å². The summed E-state index contributed by atoms with van der Waals surface area (Å²) in [6.45, 7) is 11.9. The topological polar surface area (TPSA) is 26.3 Å². The van der Waals surface area contributed by atoms with Crippen LogP contribution in [-0.2, 0) is 9.53 Å². The van der Waals surface area contributed by atoms with E-state index in [4.69, 9.17) is 0 Å². The second-order valence-corrected chi connectivity index (χ2v) is 6.77. The van der Waals surface area contributed by atoms with Crippen molar-refractivity contribution in [3.8, 4) is 0 Å². The molecule has 0 N–H and O–H groups in total. The van der Waals surface area contributed by atoms with Crippen molar-refractivity contribution >= 4 is 5.97 Å². The summed E-state index contributed by atoms with van der Waals surface area (Å²) in [4.78, 5) is 12.2. The number of carbonyl (C=O) groups excluding carboxylic acids is 1. The van der Waals surface area contributed by atoms with Gasteiger partial charge in [-0.05, 0) is 31.6 Å². The highest BCUT2D eigenvalue weighted by Crippen LogP contribution is 2.45. The molecule has 0 bridgehead atoms. The van der Waals surface area contributed by atoms with Crippen molar-refractivity contribution in [2.24, 2.45) is 16.7 Å². The molecule has 0 heterocycles. The second kappa shape index (κ2) is 5.71. The highest BCUT2D eigenvalue weighted by molar-refractivity contribution is 5.77. The largest absolute Gasteiger partial charge is 0.453 e. The molecule has 0 aliphatic rings. The zero-order chi connectivity index (χ0) is 15.6. The van der Waals surface area contributed by atoms with Crippen molar-refractivity contribution in [2.75, 3.05) is 0 Å². The average Bonchev–Trinajstić information content (AvgIpc) is 2.12. The molecule has 0 aliphatic carbocycles. The van der Waals surface area contributed by atoms with Crippen LogP contribution < -0.4 is 0 Å². The first-order valence-corrected chi connectivity index (χ1v) is 6.49. The van der Waals surface area contributed by atoms with Gasteiger partial charge < -0.3 is 4.74 Å². The molecule has 0 amide bonds. The van der Waals surface area contributed by atoms with Gasteiger partial charge in [0.2, 0.25) is 0 Å². The number of esters is 1. The normalized spacial score (nSPS) is 18.1. The third kappa shape index (κ3) is 4.69. The fraction of sp³-hybridized carbons (Fsp3) is 0.929. The first kappa shape index (κ1) is 18.3. The maximum atomic E-state index is 12.5. The van der Waals surface area contributed by atoms with Gasteiger partial charge in [0.05, 0.1) is 5.41 Å². The van der Waals surface area contributed by atoms with E-state index in [1.807, 2.05) is 34.6 Å². The Kier molecular flexibility index (Phi) is 5.49. The predicted molar refractivity (Wildman–Crippen MR) is 68.6 cm³/mol. The van der Waals surface area contributed by atoms with Gasteiger partial charge in [0, 0.05) is 0 Å². The van der Waals surface area contributed by atoms with Crippen LogP contribution >= 0.6 is 0 Å². The van der Waals surface area contributed by atoms with Crippen LogP contribution in [0, 0.1) is 16.7 Å². The molecule has 5 heteroatoms. The van der Waals surface area contributed by atoms with E-state index in [-0.39, 0.29) is 5.92 Å². The number of carbonyl (C=O) groups is 1. The summed E-state index contributed by atoms with van der Waals surface area (Å²) >= 11 is 0. The molecule has 0 aromatic rings. The lowest BCUT2D eigenvalue weighted by atomic mass is 9.64. The number of alkyl halides is 3. The summed E-state index contributed by atoms with van der Waals surface area (Å²) in [5.74, 6) is -0.587. The molecular formula is C14H25F3O2. The molecule has 0 saturated heterocycles. The average molecular weight is 282 g/mol. The lowest BCUT2D eigenvalue weighted by Gasteiger charge is -2.41. The summed E-state index contributed by atoms with van der Waals surface area (Å²) in [7, 11) is 0. The minimum atomic E-state index is -4.52. The number of halogens is 3. The van der Waals surface area contributed by atoms with Gasteiger partial charge in [-0.3, -0.25) is 4.79 Å². The fourth-order valence-corrected chi connectivity index (χ4v) is 1.87. The molecule has 114 valence electrons. The van der Waals surface area contributed by atoms with Gasteiger partial charge in [-0.2, -0.15) is 13.2 Å². The van der Waals surface area contributed by atoms with Crippen molar-refractivity contribution in [2.45, 2.75) is 67.2 Å². The van der Waals surface area contributed by atoms with Crippen molar-refractivity contribution in [3.63, 3.8) is 0 Å². The molecule has 2 unspecified atom stereocenters. The van der Waals surface area contributed by atoms with E-state index >= 15 is 0 Å². The Morgan fingerprint density at radius 1 is 1.05 bits per heavy atom. The van der Waals surface area contributed by atoms with Crippen molar-refractivity contribution in [1.29, 1.82) is 0 Å². The molecule has 0 fully saturated rings. The van der Waals surface area contributed by atoms with Crippen LogP contribution in [0.3, 0.4) is 0 Å². The molecule has 0 aliphatic heterocycles. The standard InChI is InChI=1S/C14H25F3O2/c1-9(2)8-13(7,12(4,5)6)11(18)19-10(3)14(15,16)17/h9-10H,8H2,1-7H3. The van der Waals surface area contributed by atoms with Gasteiger partial charge >= 0.3 is 12.1 Å². The Balaban J connectivity index is 5.15. The zero-order valence-corrected chi connectivity index (χ0v) is 12.8. The molecule has 0 aromatic heterocycles. The second-order valence-electron chi connectivity index (χ2n) is 6.77. The van der Waals surface area contributed by atoms with Crippen LogP contribution in [0.4, 0.5) is 13.2 Å². The van der Waals surface area contributed by atoms with E-state index in [0.717, 1.165) is 6.92 Å². The molecule has 2 atom stereocenters. The highest BCUT2D eigenvalue weighted by Gasteiger charge is 2.49. The van der Waals surface area contributed by atoms with Gasteiger partial charge in [-0.1, -0.05) is 34.6 Å². The number of hydrogen-bond acceptors (Lipinski definition) is 2. The summed E-state index contributed by atoms with van der Waals surface area (Å²) in [6.07, 6.45) is -6.11. The van der Waals surface area contributed by atoms with Crippen LogP contribution in [0.5, 0.6) is 0 Å². The molecule has 0 rings (SSSR count). The van der Waals surface area contributed by atoms with Crippen LogP contribution in [0.1, 0.15) is 54.9 Å². The summed E-state index contributed by atoms with van der Waals surface area (Å²) in [6, 6.07) is 0. The maximum Gasteiger partial charge on any atom is 0.425 e. The molecule has 0 saturated carbocycles. The Hall–Kier alpha value is -0.740. The highest BCUT2D eigenvalue weighted by atomic mass is 19.4. The van der Waals surface area contributed by atoms with Gasteiger partial charge in [-0.15, -0.1) is 0 Å². The van der Waals surface area contributed by atoms with E-state index in [0.29, 0.717) is 6.42 Å². The minimum absolute atomic E-state index is 0.193. The predicted octanol–water partition coefficient (Wildman–Crippen LogP) is 4.58. The zero-order valence-electron chi connectivity index (χ0n) is 12.8. The molecule has 0 aromatic carbocycles. The maximum absolute atomic E-state index is 12.5. The van der Waals surface area contributed by atoms with Crippen molar-refractivity contribution < 1.29 is 22.7 Å². The number of rotatable bonds is 4. The monoisotopic (exact) mass is 282 g/mol. The number of hydrogen-bond donors (Lipinski definition) is 0. The third-order valence-electron chi connectivity index (χ3n) is 3.67. The van der Waals surface area contributed by atoms with E-state index < -0.39 is 29.1 Å². The fourth-order valence-electron chi connectivity index (χ4n) is 1.87. The van der Waals surface area contributed by atoms with Crippen LogP contribution in [0.2, 0.25) is 0 Å². The summed E-state index contributed by atoms with van der Waals surface area (Å²) < 4.78 is 42.1. The summed E-state index contributed by atoms with van der Waals surface area (Å²) in [5.41, 5.74) is -1.42. The molecular weight excluding hydrogens is 257 g/mol. The van der Waals surface area contributed by atoms with Crippen LogP contribution in [0.15, 0.2) is 0 Å². The minimum Gasteiger partial charge on any atom is -0.453 e. The molecule has 19 heavy (non-hydrogen) atoms. The van der Waals surface area contributed by atoms with E-state index in [1.54, 1.807) is 6.92 Å². The van der Waals surface area contributed by atoms with Crippen molar-refractivity contribution in [1.82, 2.24) is 0 Å². The number of ether oxygens (including phenoxy) is 1. The molecule has 0 radical (unpaired) electrons. The Labute approximate surface area is 113 Å². The molecule has 2 nitrogen and oxygen atoms in total. The van der Waals surface area contributed by atoms with Gasteiger partial charge in [-0.25, -0.2) is 0 Å². The van der Waals surface area contributed by atoms with Crippen LogP contribution in [-0.4, -0.2) is 18.2 Å². The van der Waals surface area contributed by atoms with E-state index in [9.17, 15) is 18.0 Å². The van der Waals surface area contributed by atoms with Gasteiger partial charge in [0.25, 0.3) is 0 Å². The lowest BCUT2D eigenvalue weighted by Crippen LogP contribution is -2.45. The van der Waals surface area contributed by atoms with Crippen molar-refractivity contribution in [3.05, 3.63) is 0 Å². The first-order chi connectivity index (χ1) is 8.22. The third-order valence-corrected chi connectivity index (χ3v) is 3.67.